The summed E-state index contributed by atoms with van der Waals surface area (Å²) in [5.74, 6) is -3.51. The number of hydrogen-bond donors (Lipinski definition) is 3. The van der Waals surface area contributed by atoms with Gasteiger partial charge in [-0.2, -0.15) is 13.2 Å². The third kappa shape index (κ3) is 9.48. The van der Waals surface area contributed by atoms with Crippen molar-refractivity contribution in [3.05, 3.63) is 79.7 Å². The number of benzene rings is 1. The number of phenolic OH excluding ortho intramolecular Hbond substituents is 1. The Kier molecular flexibility index (Phi) is 12.5. The molecule has 1 aliphatic carbocycles. The van der Waals surface area contributed by atoms with Gasteiger partial charge in [-0.15, -0.1) is 0 Å². The van der Waals surface area contributed by atoms with Crippen LogP contribution < -0.4 is 20.8 Å². The number of aliphatic hydroxyl groups is 1. The zero-order valence-electron chi connectivity index (χ0n) is 24.9. The fraction of sp³-hybridized carbons (Fsp3) is 0.394. The summed E-state index contributed by atoms with van der Waals surface area (Å²) in [6.45, 7) is 3.50. The number of allylic oxidation sites excluding steroid dienone is 2. The van der Waals surface area contributed by atoms with Crippen LogP contribution in [0.4, 0.5) is 13.2 Å². The minimum Gasteiger partial charge on any atom is -0.507 e. The second-order valence-electron chi connectivity index (χ2n) is 10.6. The highest BCUT2D eigenvalue weighted by Gasteiger charge is 2.32. The number of Topliss-reactive ketones (excluding diaryl/α,β-unsaturated/α-hetero) is 1. The summed E-state index contributed by atoms with van der Waals surface area (Å²) in [5.41, 5.74) is -0.367. The first-order valence-corrected chi connectivity index (χ1v) is 14.9. The van der Waals surface area contributed by atoms with Gasteiger partial charge < -0.3 is 24.5 Å². The molecular formula is C33H35F3O8S. The van der Waals surface area contributed by atoms with Crippen molar-refractivity contribution in [3.63, 3.8) is 0 Å². The monoisotopic (exact) mass is 648 g/mol. The number of phenols is 1. The number of fused-ring (bicyclic) bond motifs is 1. The molecule has 1 heterocycles. The molecule has 1 aromatic heterocycles. The molecule has 0 aliphatic heterocycles. The van der Waals surface area contributed by atoms with E-state index in [-0.39, 0.29) is 52.7 Å². The first-order valence-electron chi connectivity index (χ1n) is 14.5. The van der Waals surface area contributed by atoms with E-state index in [2.05, 4.69) is 0 Å². The lowest BCUT2D eigenvalue weighted by molar-refractivity contribution is -0.136. The molecule has 2 aromatic rings. The zero-order chi connectivity index (χ0) is 33.3. The summed E-state index contributed by atoms with van der Waals surface area (Å²) in [5, 5.41) is 31.3. The average molecular weight is 649 g/mol. The van der Waals surface area contributed by atoms with Crippen LogP contribution in [0.3, 0.4) is 0 Å². The maximum Gasteiger partial charge on any atom is 0.389 e. The van der Waals surface area contributed by atoms with Crippen molar-refractivity contribution in [2.45, 2.75) is 77.0 Å². The number of halogens is 3. The number of carbonyl (C=O) groups is 2. The van der Waals surface area contributed by atoms with Crippen molar-refractivity contribution in [1.82, 2.24) is 0 Å². The molecule has 3 rings (SSSR count). The van der Waals surface area contributed by atoms with Gasteiger partial charge in [0.25, 0.3) is 0 Å². The van der Waals surface area contributed by atoms with E-state index in [1.807, 2.05) is 6.92 Å². The molecular weight excluding hydrogens is 613 g/mol. The Hall–Kier alpha value is -4.03. The summed E-state index contributed by atoms with van der Waals surface area (Å²) in [7, 11) is 0. The molecule has 1 aliphatic rings. The first kappa shape index (κ1) is 35.4. The molecule has 3 N–H and O–H groups in total. The standard InChI is InChI=1S/C33H35F3O8S/c1-3-9-23-26(15-14-21(19(2)37)29(23)39)43-17-7-5-4-6-10-22(25(38)11-8-16-33(34,35)36)28-30(40)24-13-12-20(45)18-27(24)44-31(28)32(41)42/h4-6,10,13-15,18,22,25,38-39H,3,7-9,11-12,16-17H2,1-2H3,(H,41,42)/b5-4-,10-6+/t22-,25-/m1/s1. The number of carbonyl (C=O) groups excluding carboxylic acids is 1. The van der Waals surface area contributed by atoms with Crippen LogP contribution in [0.2, 0.25) is 0 Å². The number of rotatable bonds is 15. The van der Waals surface area contributed by atoms with E-state index in [0.717, 1.165) is 6.42 Å². The maximum absolute atomic E-state index is 13.5. The third-order valence-corrected chi connectivity index (χ3v) is 7.42. The molecule has 0 saturated carbocycles. The topological polar surface area (TPSA) is 134 Å². The summed E-state index contributed by atoms with van der Waals surface area (Å²) in [6.07, 6.45) is 2.92. The van der Waals surface area contributed by atoms with E-state index in [4.69, 9.17) is 21.4 Å². The van der Waals surface area contributed by atoms with Crippen LogP contribution >= 0.6 is 12.2 Å². The van der Waals surface area contributed by atoms with E-state index in [9.17, 15) is 42.9 Å². The molecule has 0 fully saturated rings. The smallest absolute Gasteiger partial charge is 0.389 e. The number of ketones is 1. The Morgan fingerprint density at radius 3 is 2.60 bits per heavy atom. The number of hydrogen-bond acceptors (Lipinski definition) is 8. The molecule has 0 bridgehead atoms. The number of alkyl halides is 3. The predicted octanol–water partition coefficient (Wildman–Crippen LogP) is 5.29. The third-order valence-electron chi connectivity index (χ3n) is 7.14. The van der Waals surface area contributed by atoms with Crippen LogP contribution in [0, 0.1) is 0 Å². The Labute approximate surface area is 262 Å². The molecule has 242 valence electrons. The van der Waals surface area contributed by atoms with Crippen molar-refractivity contribution in [3.8, 4) is 11.5 Å². The highest BCUT2D eigenvalue weighted by atomic mass is 32.1. The lowest BCUT2D eigenvalue weighted by atomic mass is 9.88. The van der Waals surface area contributed by atoms with Gasteiger partial charge in [-0.05, 0) is 50.8 Å². The van der Waals surface area contributed by atoms with Crippen molar-refractivity contribution in [2.24, 2.45) is 0 Å². The van der Waals surface area contributed by atoms with Crippen molar-refractivity contribution in [1.29, 1.82) is 0 Å². The van der Waals surface area contributed by atoms with Crippen LogP contribution in [0.25, 0.3) is 12.2 Å². The quantitative estimate of drug-likeness (QED) is 0.102. The second-order valence-corrected chi connectivity index (χ2v) is 11.1. The van der Waals surface area contributed by atoms with Gasteiger partial charge in [-0.3, -0.25) is 9.59 Å². The molecule has 8 nitrogen and oxygen atoms in total. The first-order chi connectivity index (χ1) is 21.2. The molecule has 0 unspecified atom stereocenters. The molecule has 1 aromatic carbocycles. The number of ether oxygens (including phenoxy) is 1. The fourth-order valence-corrected chi connectivity index (χ4v) is 5.17. The van der Waals surface area contributed by atoms with E-state index < -0.39 is 48.2 Å². The Morgan fingerprint density at radius 2 is 1.96 bits per heavy atom. The number of aromatic carboxylic acids is 1. The molecule has 0 amide bonds. The van der Waals surface area contributed by atoms with E-state index in [0.29, 0.717) is 29.0 Å². The van der Waals surface area contributed by atoms with E-state index in [1.165, 1.54) is 37.3 Å². The highest BCUT2D eigenvalue weighted by Crippen LogP contribution is 2.33. The molecule has 45 heavy (non-hydrogen) atoms. The van der Waals surface area contributed by atoms with E-state index >= 15 is 0 Å². The largest absolute Gasteiger partial charge is 0.507 e. The van der Waals surface area contributed by atoms with Gasteiger partial charge >= 0.3 is 12.1 Å². The SMILES string of the molecule is CCCc1c(OCC/C=C\C=C\[C@@H](c2c(C(=O)O)oc3c(c2=O)=CCC(=S)C=3)[C@H](O)CCCC(F)(F)F)ccc(C(C)=O)c1O. The molecule has 0 spiro atoms. The van der Waals surface area contributed by atoms with Crippen molar-refractivity contribution >= 4 is 41.0 Å². The summed E-state index contributed by atoms with van der Waals surface area (Å²) >= 11 is 5.13. The van der Waals surface area contributed by atoms with Crippen LogP contribution in [-0.4, -0.2) is 50.8 Å². The summed E-state index contributed by atoms with van der Waals surface area (Å²) < 4.78 is 49.7. The molecule has 12 heteroatoms. The van der Waals surface area contributed by atoms with Crippen molar-refractivity contribution < 1.29 is 47.2 Å². The lowest BCUT2D eigenvalue weighted by Crippen LogP contribution is -2.45. The Balaban J connectivity index is 1.85. The number of aliphatic hydroxyl groups excluding tert-OH is 1. The van der Waals surface area contributed by atoms with Crippen molar-refractivity contribution in [2.75, 3.05) is 6.61 Å². The second kappa shape index (κ2) is 15.8. The van der Waals surface area contributed by atoms with Crippen LogP contribution in [-0.2, 0) is 6.42 Å². The Morgan fingerprint density at radius 1 is 1.22 bits per heavy atom. The van der Waals surface area contributed by atoms with E-state index in [1.54, 1.807) is 18.2 Å². The molecule has 0 radical (unpaired) electrons. The van der Waals surface area contributed by atoms with Gasteiger partial charge in [-0.25, -0.2) is 4.79 Å². The van der Waals surface area contributed by atoms with Gasteiger partial charge in [0, 0.05) is 29.2 Å². The summed E-state index contributed by atoms with van der Waals surface area (Å²) in [6, 6.07) is 3.13. The molecule has 0 saturated heterocycles. The lowest BCUT2D eigenvalue weighted by Gasteiger charge is -2.21. The zero-order valence-corrected chi connectivity index (χ0v) is 25.7. The maximum atomic E-state index is 13.5. The van der Waals surface area contributed by atoms with Crippen LogP contribution in [0.1, 0.15) is 90.3 Å². The number of carboxylic acids is 1. The number of thiocarbonyl (C=S) groups is 1. The normalized spacial score (nSPS) is 14.6. The van der Waals surface area contributed by atoms with Crippen LogP contribution in [0.15, 0.2) is 45.6 Å². The fourth-order valence-electron chi connectivity index (χ4n) is 4.98. The Bertz CT molecular complexity index is 1670. The van der Waals surface area contributed by atoms with Gasteiger partial charge in [0.05, 0.1) is 29.1 Å². The van der Waals surface area contributed by atoms with Gasteiger partial charge in [0.1, 0.15) is 16.9 Å². The van der Waals surface area contributed by atoms with Gasteiger partial charge in [0.15, 0.2) is 11.2 Å². The predicted molar refractivity (Wildman–Crippen MR) is 166 cm³/mol. The molecule has 2 atom stereocenters. The number of carboxylic acid groups (broad SMARTS) is 1. The minimum absolute atomic E-state index is 0.0297. The minimum atomic E-state index is -4.44. The highest BCUT2D eigenvalue weighted by molar-refractivity contribution is 7.81. The average Bonchev–Trinajstić information content (AvgIpc) is 2.95. The summed E-state index contributed by atoms with van der Waals surface area (Å²) in [4.78, 5) is 37.8. The van der Waals surface area contributed by atoms with Gasteiger partial charge in [-0.1, -0.05) is 55.9 Å². The number of aromatic hydroxyl groups is 1. The van der Waals surface area contributed by atoms with Gasteiger partial charge in [0.2, 0.25) is 5.76 Å². The van der Waals surface area contributed by atoms with Crippen LogP contribution in [0.5, 0.6) is 11.5 Å².